The minimum atomic E-state index is -0.961. The van der Waals surface area contributed by atoms with Gasteiger partial charge in [0, 0.05) is 17.0 Å². The molecule has 1 fully saturated rings. The van der Waals surface area contributed by atoms with Gasteiger partial charge in [-0.05, 0) is 30.7 Å². The number of fused-ring (bicyclic) bond motifs is 1. The van der Waals surface area contributed by atoms with Crippen molar-refractivity contribution in [2.75, 3.05) is 13.2 Å². The highest BCUT2D eigenvalue weighted by molar-refractivity contribution is 6.31. The van der Waals surface area contributed by atoms with Crippen LogP contribution in [0.15, 0.2) is 28.7 Å². The largest absolute Gasteiger partial charge is 0.453 e. The van der Waals surface area contributed by atoms with E-state index in [1.165, 1.54) is 0 Å². The summed E-state index contributed by atoms with van der Waals surface area (Å²) in [6.45, 7) is 0.748. The molecule has 0 amide bonds. The van der Waals surface area contributed by atoms with Crippen LogP contribution in [0, 0.1) is 0 Å². The van der Waals surface area contributed by atoms with Crippen LogP contribution in [-0.2, 0) is 4.74 Å². The van der Waals surface area contributed by atoms with Gasteiger partial charge in [-0.15, -0.1) is 0 Å². The molecule has 1 atom stereocenters. The number of halogens is 1. The molecule has 1 aromatic heterocycles. The molecule has 0 saturated carbocycles. The molecule has 2 aromatic rings. The van der Waals surface area contributed by atoms with Gasteiger partial charge in [0.25, 0.3) is 0 Å². The lowest BCUT2D eigenvalue weighted by Crippen LogP contribution is -2.48. The van der Waals surface area contributed by atoms with Crippen molar-refractivity contribution in [3.63, 3.8) is 0 Å². The number of carbonyl (C=O) groups excluding carboxylic acids is 1. The average Bonchev–Trinajstić information content (AvgIpc) is 2.94. The van der Waals surface area contributed by atoms with Crippen molar-refractivity contribution >= 4 is 28.4 Å². The molecule has 94 valence electrons. The third-order valence-corrected chi connectivity index (χ3v) is 3.44. The molecule has 0 spiro atoms. The number of hydrogen-bond donors (Lipinski definition) is 1. The number of carbonyl (C=O) groups is 1. The summed E-state index contributed by atoms with van der Waals surface area (Å²) in [5.74, 6) is 0.0487. The van der Waals surface area contributed by atoms with Gasteiger partial charge in [-0.1, -0.05) is 11.6 Å². The van der Waals surface area contributed by atoms with Crippen LogP contribution in [0.4, 0.5) is 0 Å². The van der Waals surface area contributed by atoms with E-state index in [0.29, 0.717) is 23.6 Å². The van der Waals surface area contributed by atoms with Crippen LogP contribution in [0.25, 0.3) is 11.0 Å². The Morgan fingerprint density at radius 2 is 2.22 bits per heavy atom. The molecule has 18 heavy (non-hydrogen) atoms. The van der Waals surface area contributed by atoms with Crippen molar-refractivity contribution in [2.45, 2.75) is 12.0 Å². The molecule has 5 heteroatoms. The number of nitrogens with two attached hydrogens (primary N) is 1. The summed E-state index contributed by atoms with van der Waals surface area (Å²) in [4.78, 5) is 12.3. The zero-order chi connectivity index (χ0) is 12.8. The first-order chi connectivity index (χ1) is 8.58. The van der Waals surface area contributed by atoms with Crippen LogP contribution in [0.5, 0.6) is 0 Å². The van der Waals surface area contributed by atoms with Crippen LogP contribution in [0.3, 0.4) is 0 Å². The lowest BCUT2D eigenvalue weighted by Gasteiger charge is -2.17. The Morgan fingerprint density at radius 3 is 2.94 bits per heavy atom. The van der Waals surface area contributed by atoms with Crippen LogP contribution >= 0.6 is 11.6 Å². The molecule has 2 N–H and O–H groups in total. The Balaban J connectivity index is 2.01. The van der Waals surface area contributed by atoms with Gasteiger partial charge in [-0.2, -0.15) is 0 Å². The van der Waals surface area contributed by atoms with Gasteiger partial charge in [-0.25, -0.2) is 0 Å². The number of hydrogen-bond acceptors (Lipinski definition) is 4. The second kappa shape index (κ2) is 4.09. The molecule has 1 aromatic carbocycles. The Morgan fingerprint density at radius 1 is 1.39 bits per heavy atom. The Labute approximate surface area is 109 Å². The van der Waals surface area contributed by atoms with Crippen molar-refractivity contribution < 1.29 is 13.9 Å². The first kappa shape index (κ1) is 11.7. The van der Waals surface area contributed by atoms with E-state index in [-0.39, 0.29) is 18.2 Å². The van der Waals surface area contributed by atoms with E-state index in [9.17, 15) is 4.79 Å². The third kappa shape index (κ3) is 1.82. The van der Waals surface area contributed by atoms with Gasteiger partial charge in [0.05, 0.1) is 6.61 Å². The number of furan rings is 1. The van der Waals surface area contributed by atoms with Crippen molar-refractivity contribution in [1.82, 2.24) is 0 Å². The lowest BCUT2D eigenvalue weighted by molar-refractivity contribution is 0.0836. The van der Waals surface area contributed by atoms with Gasteiger partial charge in [0.15, 0.2) is 5.76 Å². The molecule has 1 aliphatic rings. The van der Waals surface area contributed by atoms with E-state index in [2.05, 4.69) is 0 Å². The zero-order valence-corrected chi connectivity index (χ0v) is 10.4. The normalized spacial score (nSPS) is 23.7. The van der Waals surface area contributed by atoms with Gasteiger partial charge >= 0.3 is 0 Å². The predicted molar refractivity (Wildman–Crippen MR) is 67.9 cm³/mol. The number of Topliss-reactive ketones (excluding diaryl/α,β-unsaturated/α-hetero) is 1. The summed E-state index contributed by atoms with van der Waals surface area (Å²) in [5, 5.41) is 1.40. The average molecular weight is 266 g/mol. The van der Waals surface area contributed by atoms with Crippen molar-refractivity contribution in [2.24, 2.45) is 5.73 Å². The summed E-state index contributed by atoms with van der Waals surface area (Å²) in [6, 6.07) is 6.89. The van der Waals surface area contributed by atoms with E-state index < -0.39 is 5.54 Å². The Bertz CT molecular complexity index is 614. The first-order valence-corrected chi connectivity index (χ1v) is 6.07. The molecule has 0 radical (unpaired) electrons. The molecular weight excluding hydrogens is 254 g/mol. The van der Waals surface area contributed by atoms with Crippen LogP contribution in [-0.4, -0.2) is 24.5 Å². The molecule has 4 nitrogen and oxygen atoms in total. The summed E-state index contributed by atoms with van der Waals surface area (Å²) >= 11 is 5.89. The van der Waals surface area contributed by atoms with Gasteiger partial charge in [-0.3, -0.25) is 4.79 Å². The first-order valence-electron chi connectivity index (χ1n) is 5.69. The van der Waals surface area contributed by atoms with Crippen LogP contribution < -0.4 is 5.73 Å². The van der Waals surface area contributed by atoms with Crippen molar-refractivity contribution in [1.29, 1.82) is 0 Å². The van der Waals surface area contributed by atoms with Crippen LogP contribution in [0.2, 0.25) is 5.02 Å². The highest BCUT2D eigenvalue weighted by atomic mass is 35.5. The fourth-order valence-corrected chi connectivity index (χ4v) is 2.31. The van der Waals surface area contributed by atoms with Crippen molar-refractivity contribution in [3.8, 4) is 0 Å². The number of ether oxygens (including phenoxy) is 1. The summed E-state index contributed by atoms with van der Waals surface area (Å²) in [5.41, 5.74) is 5.69. The molecule has 1 unspecified atom stereocenters. The fourth-order valence-electron chi connectivity index (χ4n) is 2.13. The van der Waals surface area contributed by atoms with E-state index in [1.807, 2.05) is 0 Å². The van der Waals surface area contributed by atoms with Crippen LogP contribution in [0.1, 0.15) is 17.0 Å². The summed E-state index contributed by atoms with van der Waals surface area (Å²) in [6.07, 6.45) is 0.517. The minimum Gasteiger partial charge on any atom is -0.453 e. The molecule has 2 heterocycles. The zero-order valence-electron chi connectivity index (χ0n) is 9.61. The van der Waals surface area contributed by atoms with Gasteiger partial charge in [0.2, 0.25) is 5.78 Å². The Kier molecular flexibility index (Phi) is 2.66. The number of benzene rings is 1. The summed E-state index contributed by atoms with van der Waals surface area (Å²) in [7, 11) is 0. The lowest BCUT2D eigenvalue weighted by atomic mass is 9.93. The second-order valence-corrected chi connectivity index (χ2v) is 5.02. The minimum absolute atomic E-state index is 0.215. The highest BCUT2D eigenvalue weighted by Gasteiger charge is 2.40. The third-order valence-electron chi connectivity index (χ3n) is 3.21. The summed E-state index contributed by atoms with van der Waals surface area (Å²) < 4.78 is 10.7. The molecule has 0 aliphatic carbocycles. The quantitative estimate of drug-likeness (QED) is 0.847. The molecule has 1 saturated heterocycles. The highest BCUT2D eigenvalue weighted by Crippen LogP contribution is 2.27. The van der Waals surface area contributed by atoms with E-state index in [1.54, 1.807) is 24.3 Å². The predicted octanol–water partition coefficient (Wildman–Crippen LogP) is 2.39. The van der Waals surface area contributed by atoms with E-state index in [4.69, 9.17) is 26.5 Å². The Hall–Kier alpha value is -1.36. The maximum Gasteiger partial charge on any atom is 0.220 e. The standard InChI is InChI=1S/C13H12ClNO3/c14-9-1-2-10-8(5-9)6-11(18-10)12(16)13(15)3-4-17-7-13/h1-2,5-6H,3-4,7,15H2. The molecule has 1 aliphatic heterocycles. The number of rotatable bonds is 2. The topological polar surface area (TPSA) is 65.5 Å². The fraction of sp³-hybridized carbons (Fsp3) is 0.308. The van der Waals surface area contributed by atoms with E-state index in [0.717, 1.165) is 5.39 Å². The van der Waals surface area contributed by atoms with E-state index >= 15 is 0 Å². The molecule has 3 rings (SSSR count). The van der Waals surface area contributed by atoms with Gasteiger partial charge < -0.3 is 14.9 Å². The monoisotopic (exact) mass is 265 g/mol. The maximum absolute atomic E-state index is 12.3. The maximum atomic E-state index is 12.3. The number of ketones is 1. The molecule has 0 bridgehead atoms. The van der Waals surface area contributed by atoms with Gasteiger partial charge in [0.1, 0.15) is 11.1 Å². The second-order valence-electron chi connectivity index (χ2n) is 4.58. The van der Waals surface area contributed by atoms with Crippen molar-refractivity contribution in [3.05, 3.63) is 35.0 Å². The SMILES string of the molecule is NC1(C(=O)c2cc3cc(Cl)ccc3o2)CCOC1. The smallest absolute Gasteiger partial charge is 0.220 e. The molecular formula is C13H12ClNO3.